The van der Waals surface area contributed by atoms with Crippen LogP contribution in [0, 0.1) is 5.21 Å². The highest BCUT2D eigenvalue weighted by Crippen LogP contribution is 2.16. The van der Waals surface area contributed by atoms with E-state index in [1.54, 1.807) is 23.9 Å². The van der Waals surface area contributed by atoms with E-state index in [9.17, 15) is 25.3 Å². The fourth-order valence-electron chi connectivity index (χ4n) is 2.85. The van der Waals surface area contributed by atoms with Crippen molar-refractivity contribution in [2.24, 2.45) is 0 Å². The van der Waals surface area contributed by atoms with Gasteiger partial charge in [-0.25, -0.2) is 0 Å². The highest BCUT2D eigenvalue weighted by atomic mass is 32.2. The number of nitrogens with zero attached hydrogens (tertiary/aromatic N) is 1. The number of nitrogens with one attached hydrogen (secondary N) is 3. The van der Waals surface area contributed by atoms with Gasteiger partial charge in [0.05, 0.1) is 19.2 Å². The molecule has 0 saturated heterocycles. The zero-order valence-corrected chi connectivity index (χ0v) is 17.7. The number of carbonyl (C=O) groups is 1. The van der Waals surface area contributed by atoms with Gasteiger partial charge in [-0.1, -0.05) is 12.1 Å². The molecule has 0 aliphatic carbocycles. The van der Waals surface area contributed by atoms with Crippen LogP contribution in [0.2, 0.25) is 0 Å². The van der Waals surface area contributed by atoms with Crippen molar-refractivity contribution in [2.45, 2.75) is 37.5 Å². The Balaban J connectivity index is 2.11. The van der Waals surface area contributed by atoms with E-state index in [1.165, 1.54) is 19.2 Å². The quantitative estimate of drug-likeness (QED) is 0.196. The Morgan fingerprint density at radius 3 is 2.67 bits per heavy atom. The van der Waals surface area contributed by atoms with E-state index >= 15 is 0 Å². The molecule has 0 bridgehead atoms. The molecule has 4 unspecified atom stereocenters. The van der Waals surface area contributed by atoms with Crippen molar-refractivity contribution in [3.8, 4) is 5.75 Å². The molecule has 0 spiro atoms. The van der Waals surface area contributed by atoms with E-state index in [1.807, 2.05) is 6.26 Å². The Kier molecular flexibility index (Phi) is 9.40. The van der Waals surface area contributed by atoms with Crippen molar-refractivity contribution in [1.29, 1.82) is 0 Å². The van der Waals surface area contributed by atoms with Crippen molar-refractivity contribution in [3.63, 3.8) is 0 Å². The number of carbonyl (C=O) groups excluding carboxylic acids is 1. The van der Waals surface area contributed by atoms with Gasteiger partial charge in [-0.05, 0) is 49.0 Å². The third-order valence-corrected chi connectivity index (χ3v) is 5.08. The molecule has 0 aliphatic heterocycles. The number of rotatable bonds is 12. The number of quaternary nitrogens is 1. The summed E-state index contributed by atoms with van der Waals surface area (Å²) in [6, 6.07) is 5.44. The molecule has 1 amide bonds. The monoisotopic (exact) mass is 440 g/mol. The molecule has 6 N–H and O–H groups in total. The molecule has 0 saturated carbocycles. The van der Waals surface area contributed by atoms with Crippen molar-refractivity contribution in [2.75, 3.05) is 24.5 Å². The van der Waals surface area contributed by atoms with E-state index in [0.717, 1.165) is 24.0 Å². The number of benzene rings is 1. The van der Waals surface area contributed by atoms with Crippen LogP contribution >= 0.6 is 11.8 Å². The van der Waals surface area contributed by atoms with Crippen LogP contribution in [-0.4, -0.2) is 63.5 Å². The highest BCUT2D eigenvalue weighted by Gasteiger charge is 2.29. The molecular formula is C19H28N4O6S. The molecule has 166 valence electrons. The minimum atomic E-state index is -1.22. The topological polar surface area (TPSA) is 155 Å². The first kappa shape index (κ1) is 24.0. The summed E-state index contributed by atoms with van der Waals surface area (Å²) < 4.78 is 5.04. The summed E-state index contributed by atoms with van der Waals surface area (Å²) in [5.41, 5.74) is 3.02. The number of aromatic hydroxyl groups is 1. The molecule has 0 fully saturated rings. The van der Waals surface area contributed by atoms with Crippen molar-refractivity contribution < 1.29 is 29.7 Å². The van der Waals surface area contributed by atoms with Gasteiger partial charge in [0.1, 0.15) is 18.1 Å². The average Bonchev–Trinajstić information content (AvgIpc) is 3.16. The predicted octanol–water partition coefficient (Wildman–Crippen LogP) is -0.0743. The van der Waals surface area contributed by atoms with E-state index in [0.29, 0.717) is 6.42 Å². The number of hydroxylamine groups is 1. The van der Waals surface area contributed by atoms with Crippen LogP contribution in [0.25, 0.3) is 0 Å². The molecule has 1 aromatic carbocycles. The summed E-state index contributed by atoms with van der Waals surface area (Å²) in [6.45, 7) is 0. The Morgan fingerprint density at radius 2 is 2.03 bits per heavy atom. The van der Waals surface area contributed by atoms with Crippen LogP contribution in [0.4, 0.5) is 6.01 Å². The maximum atomic E-state index is 12.6. The van der Waals surface area contributed by atoms with Gasteiger partial charge in [-0.15, -0.1) is 0 Å². The third-order valence-electron chi connectivity index (χ3n) is 4.38. The highest BCUT2D eigenvalue weighted by molar-refractivity contribution is 7.98. The number of aliphatic hydroxyl groups is 2. The summed E-state index contributed by atoms with van der Waals surface area (Å²) in [5.74, 6) is 0.337. The van der Waals surface area contributed by atoms with Gasteiger partial charge in [0, 0.05) is 0 Å². The lowest BCUT2D eigenvalue weighted by molar-refractivity contribution is -0.801. The zero-order chi connectivity index (χ0) is 22.1. The van der Waals surface area contributed by atoms with Gasteiger partial charge >= 0.3 is 6.01 Å². The summed E-state index contributed by atoms with van der Waals surface area (Å²) >= 11 is 1.65. The number of hydrogen-bond acceptors (Lipinski definition) is 9. The van der Waals surface area contributed by atoms with Gasteiger partial charge in [0.15, 0.2) is 5.69 Å². The lowest BCUT2D eigenvalue weighted by atomic mass is 9.95. The van der Waals surface area contributed by atoms with E-state index in [2.05, 4.69) is 15.7 Å². The second kappa shape index (κ2) is 11.8. The zero-order valence-electron chi connectivity index (χ0n) is 16.9. The van der Waals surface area contributed by atoms with Gasteiger partial charge in [0.25, 0.3) is 5.91 Å². The first-order chi connectivity index (χ1) is 14.3. The SMILES string of the molecule is CSCCCC(O)C(O)C(Cc1ccc(O)cc1)NC(=O)c1coc(N[NH+](C)[O-])n1. The Hall–Kier alpha value is -2.31. The largest absolute Gasteiger partial charge is 0.608 e. The predicted molar refractivity (Wildman–Crippen MR) is 113 cm³/mol. The van der Waals surface area contributed by atoms with Crippen LogP contribution in [-0.2, 0) is 6.42 Å². The number of phenolic OH excluding ortho intramolecular Hbond substituents is 1. The minimum absolute atomic E-state index is 0.0708. The van der Waals surface area contributed by atoms with E-state index in [4.69, 9.17) is 4.42 Å². The molecule has 11 heteroatoms. The second-order valence-corrected chi connectivity index (χ2v) is 7.85. The van der Waals surface area contributed by atoms with E-state index in [-0.39, 0.29) is 23.9 Å². The van der Waals surface area contributed by atoms with E-state index < -0.39 is 29.3 Å². The standard InChI is InChI=1S/C19H28N4O6S/c1-23(28)22-19-21-15(11-29-19)18(27)20-14(10-12-5-7-13(24)8-6-12)17(26)16(25)4-3-9-30-2/h5-8,11,14,16-17,23-26H,3-4,9-10H2,1-2H3,(H,20,27)(H,21,22). The summed E-state index contributed by atoms with van der Waals surface area (Å²) in [4.78, 5) is 16.5. The number of phenols is 1. The van der Waals surface area contributed by atoms with Gasteiger partial charge in [-0.2, -0.15) is 22.2 Å². The normalized spacial score (nSPS) is 15.2. The number of oxazole rings is 1. The molecule has 1 heterocycles. The number of anilines is 1. The lowest BCUT2D eigenvalue weighted by Crippen LogP contribution is -3.07. The number of aromatic nitrogens is 1. The van der Waals surface area contributed by atoms with Gasteiger partial charge in [-0.3, -0.25) is 9.97 Å². The molecule has 4 atom stereocenters. The molecule has 2 rings (SSSR count). The Labute approximate surface area is 178 Å². The fourth-order valence-corrected chi connectivity index (χ4v) is 3.30. The summed E-state index contributed by atoms with van der Waals surface area (Å²) in [6.07, 6.45) is 2.16. The molecule has 1 aromatic heterocycles. The third kappa shape index (κ3) is 7.50. The molecule has 30 heavy (non-hydrogen) atoms. The number of hydrogen-bond donors (Lipinski definition) is 6. The first-order valence-corrected chi connectivity index (χ1v) is 10.9. The van der Waals surface area contributed by atoms with Crippen LogP contribution in [0.1, 0.15) is 28.9 Å². The number of aliphatic hydroxyl groups excluding tert-OH is 2. The average molecular weight is 441 g/mol. The van der Waals surface area contributed by atoms with Crippen molar-refractivity contribution >= 4 is 23.7 Å². The van der Waals surface area contributed by atoms with Crippen LogP contribution in [0.5, 0.6) is 5.75 Å². The first-order valence-electron chi connectivity index (χ1n) is 9.47. The maximum Gasteiger partial charge on any atom is 0.341 e. The minimum Gasteiger partial charge on any atom is -0.608 e. The van der Waals surface area contributed by atoms with Crippen LogP contribution < -0.4 is 15.9 Å². The molecule has 0 aliphatic rings. The summed E-state index contributed by atoms with van der Waals surface area (Å²) in [5, 5.41) is 43.9. The smallest absolute Gasteiger partial charge is 0.341 e. The number of thioether (sulfide) groups is 1. The maximum absolute atomic E-state index is 12.6. The Morgan fingerprint density at radius 1 is 1.33 bits per heavy atom. The van der Waals surface area contributed by atoms with Gasteiger partial charge in [0.2, 0.25) is 0 Å². The number of amides is 1. The van der Waals surface area contributed by atoms with Crippen LogP contribution in [0.3, 0.4) is 0 Å². The molecular weight excluding hydrogens is 412 g/mol. The van der Waals surface area contributed by atoms with Crippen LogP contribution in [0.15, 0.2) is 34.9 Å². The van der Waals surface area contributed by atoms with Crippen molar-refractivity contribution in [1.82, 2.24) is 10.3 Å². The fraction of sp³-hybridized carbons (Fsp3) is 0.474. The Bertz CT molecular complexity index is 786. The molecule has 2 aromatic rings. The lowest BCUT2D eigenvalue weighted by Gasteiger charge is -2.28. The van der Waals surface area contributed by atoms with Gasteiger partial charge < -0.3 is 30.3 Å². The molecule has 10 nitrogen and oxygen atoms in total. The second-order valence-electron chi connectivity index (χ2n) is 6.86. The summed E-state index contributed by atoms with van der Waals surface area (Å²) in [7, 11) is 1.28. The van der Waals surface area contributed by atoms with Crippen molar-refractivity contribution in [3.05, 3.63) is 47.0 Å². The molecule has 0 radical (unpaired) electrons.